The quantitative estimate of drug-likeness (QED) is 0.0711. The molecule has 6 rings (SSSR count). The summed E-state index contributed by atoms with van der Waals surface area (Å²) in [6.07, 6.45) is 6.36. The summed E-state index contributed by atoms with van der Waals surface area (Å²) in [4.78, 5) is 42.2. The number of hydrogen-bond donors (Lipinski definition) is 1. The number of Topliss-reactive ketones (excluding diaryl/α,β-unsaturated/α-hetero) is 1. The first-order valence-corrected chi connectivity index (χ1v) is 18.7. The molecule has 258 valence electrons. The lowest BCUT2D eigenvalue weighted by atomic mass is 10.0. The number of hydrogen-bond acceptors (Lipinski definition) is 11. The number of aromatic nitrogens is 5. The van der Waals surface area contributed by atoms with Crippen LogP contribution in [0.2, 0.25) is 0 Å². The van der Waals surface area contributed by atoms with Crippen LogP contribution in [-0.2, 0) is 36.0 Å². The minimum atomic E-state index is -3.77. The maximum absolute atomic E-state index is 14.3. The molecule has 1 N–H and O–H groups in total. The largest absolute Gasteiger partial charge is 0.474 e. The third kappa shape index (κ3) is 7.52. The van der Waals surface area contributed by atoms with Crippen molar-refractivity contribution in [1.29, 1.82) is 0 Å². The maximum Gasteiger partial charge on any atom is 0.474 e. The number of piperidine rings is 1. The summed E-state index contributed by atoms with van der Waals surface area (Å²) in [5.41, 5.74) is 3.00. The third-order valence-electron chi connectivity index (χ3n) is 8.83. The van der Waals surface area contributed by atoms with Gasteiger partial charge in [0.1, 0.15) is 22.7 Å². The number of phosphoric acid groups is 1. The molecule has 1 aliphatic carbocycles. The van der Waals surface area contributed by atoms with Crippen LogP contribution < -0.4 is 5.32 Å². The number of benzene rings is 1. The molecule has 4 aromatic rings. The van der Waals surface area contributed by atoms with Crippen LogP contribution in [0, 0.1) is 12.3 Å². The number of pyridine rings is 1. The summed E-state index contributed by atoms with van der Waals surface area (Å²) in [7, 11) is -3.77. The molecule has 1 amide bonds. The second kappa shape index (κ2) is 14.4. The van der Waals surface area contributed by atoms with Gasteiger partial charge >= 0.3 is 7.82 Å². The average molecular weight is 771 g/mol. The van der Waals surface area contributed by atoms with Gasteiger partial charge in [0.15, 0.2) is 5.78 Å². The van der Waals surface area contributed by atoms with E-state index in [-0.39, 0.29) is 49.8 Å². The van der Waals surface area contributed by atoms with Crippen molar-refractivity contribution < 1.29 is 27.7 Å². The van der Waals surface area contributed by atoms with Gasteiger partial charge in [-0.2, -0.15) is 5.10 Å². The molecule has 3 atom stereocenters. The highest BCUT2D eigenvalue weighted by atomic mass is 79.9. The van der Waals surface area contributed by atoms with Crippen molar-refractivity contribution >= 4 is 63.6 Å². The number of ketones is 1. The lowest BCUT2D eigenvalue weighted by molar-refractivity contribution is -0.132. The highest BCUT2D eigenvalue weighted by Crippen LogP contribution is 2.62. The molecule has 0 bridgehead atoms. The molecule has 0 unspecified atom stereocenters. The van der Waals surface area contributed by atoms with Crippen molar-refractivity contribution in [3.05, 3.63) is 70.6 Å². The van der Waals surface area contributed by atoms with Gasteiger partial charge in [0.05, 0.1) is 36.4 Å². The molecule has 0 radical (unpaired) electrons. The summed E-state index contributed by atoms with van der Waals surface area (Å²) in [6, 6.07) is 8.75. The topological polar surface area (TPSA) is 151 Å². The van der Waals surface area contributed by atoms with Crippen LogP contribution in [0.5, 0.6) is 0 Å². The van der Waals surface area contributed by atoms with Crippen LogP contribution in [0.1, 0.15) is 55.5 Å². The fourth-order valence-electron chi connectivity index (χ4n) is 6.36. The Balaban J connectivity index is 1.27. The van der Waals surface area contributed by atoms with Crippen molar-refractivity contribution in [3.8, 4) is 11.1 Å². The van der Waals surface area contributed by atoms with Gasteiger partial charge in [0.25, 0.3) is 0 Å². The molecular formula is C33H37BrN7O6PS. The smallest absolute Gasteiger partial charge is 0.374 e. The molecule has 1 aliphatic heterocycles. The lowest BCUT2D eigenvalue weighted by Gasteiger charge is -2.29. The number of carbonyl (C=O) groups excluding carboxylic acids is 2. The molecule has 49 heavy (non-hydrogen) atoms. The number of amides is 1. The molecule has 3 aromatic heterocycles. The fourth-order valence-corrected chi connectivity index (χ4v) is 8.14. The van der Waals surface area contributed by atoms with Gasteiger partial charge in [0, 0.05) is 54.5 Å². The first-order valence-electron chi connectivity index (χ1n) is 16.0. The van der Waals surface area contributed by atoms with Gasteiger partial charge in [-0.1, -0.05) is 24.4 Å². The molecule has 16 heteroatoms. The van der Waals surface area contributed by atoms with E-state index in [9.17, 15) is 14.2 Å². The van der Waals surface area contributed by atoms with Crippen molar-refractivity contribution in [1.82, 2.24) is 34.9 Å². The molecule has 0 spiro atoms. The number of carbonyl (C=O) groups is 2. The maximum atomic E-state index is 14.3. The number of fused-ring (bicyclic) bond motifs is 2. The number of rotatable bonds is 14. The van der Waals surface area contributed by atoms with E-state index in [0.717, 1.165) is 21.3 Å². The Morgan fingerprint density at radius 2 is 1.78 bits per heavy atom. The van der Waals surface area contributed by atoms with Gasteiger partial charge in [-0.05, 0) is 78.9 Å². The van der Waals surface area contributed by atoms with Gasteiger partial charge < -0.3 is 10.2 Å². The second-order valence-corrected chi connectivity index (χ2v) is 15.1. The van der Waals surface area contributed by atoms with Crippen LogP contribution in [0.4, 0.5) is 0 Å². The van der Waals surface area contributed by atoms with Gasteiger partial charge in [-0.25, -0.2) is 19.5 Å². The first-order chi connectivity index (χ1) is 23.5. The van der Waals surface area contributed by atoms with Gasteiger partial charge in [0.2, 0.25) is 5.91 Å². The number of phosphoric ester groups is 1. The molecule has 13 nitrogen and oxygen atoms in total. The van der Waals surface area contributed by atoms with Gasteiger partial charge in [-0.15, -0.1) is 0 Å². The van der Waals surface area contributed by atoms with Crippen LogP contribution >= 0.6 is 36.0 Å². The Kier molecular flexibility index (Phi) is 10.4. The normalized spacial score (nSPS) is 20.0. The first kappa shape index (κ1) is 35.4. The predicted octanol–water partition coefficient (Wildman–Crippen LogP) is 5.84. The summed E-state index contributed by atoms with van der Waals surface area (Å²) in [5, 5.41) is 8.55. The minimum Gasteiger partial charge on any atom is -0.374 e. The van der Waals surface area contributed by atoms with Crippen molar-refractivity contribution in [2.45, 2.75) is 65.7 Å². The highest BCUT2D eigenvalue weighted by Gasteiger charge is 2.67. The van der Waals surface area contributed by atoms with E-state index < -0.39 is 19.3 Å². The van der Waals surface area contributed by atoms with Gasteiger partial charge in [-0.3, -0.25) is 27.8 Å². The van der Waals surface area contributed by atoms with E-state index in [1.165, 1.54) is 6.92 Å². The number of nitrogens with zero attached hydrogens (tertiary/aromatic N) is 6. The van der Waals surface area contributed by atoms with Crippen LogP contribution in [0.15, 0.2) is 53.5 Å². The minimum absolute atomic E-state index is 0.0825. The van der Waals surface area contributed by atoms with E-state index in [4.69, 9.17) is 25.8 Å². The molecule has 1 saturated heterocycles. The number of aryl methyl sites for hydroxylation is 1. The molecule has 1 aromatic carbocycles. The molecule has 4 heterocycles. The zero-order valence-corrected chi connectivity index (χ0v) is 30.9. The van der Waals surface area contributed by atoms with Crippen molar-refractivity contribution in [3.63, 3.8) is 0 Å². The summed E-state index contributed by atoms with van der Waals surface area (Å²) < 4.78 is 32.0. The van der Waals surface area contributed by atoms with E-state index >= 15 is 0 Å². The SMILES string of the molecule is CCOP(=O)(OCC)OC[C@@]12C[C@@H](C(=S)NCc3ccc(Br)nc3)N(C(=O)Cn3nc(C(C)=O)c4cc(-c5cnc(C)nc5)ccc43)[C@@H]1C2. The summed E-state index contributed by atoms with van der Waals surface area (Å²) in [6.45, 7) is 7.44. The molecular weight excluding hydrogens is 733 g/mol. The summed E-state index contributed by atoms with van der Waals surface area (Å²) in [5.74, 6) is 0.230. The Morgan fingerprint density at radius 3 is 2.43 bits per heavy atom. The predicted molar refractivity (Wildman–Crippen MR) is 190 cm³/mol. The summed E-state index contributed by atoms with van der Waals surface area (Å²) >= 11 is 9.25. The monoisotopic (exact) mass is 769 g/mol. The number of likely N-dealkylation sites (tertiary alicyclic amines) is 1. The molecule has 1 saturated carbocycles. The van der Waals surface area contributed by atoms with E-state index in [1.54, 1.807) is 42.0 Å². The van der Waals surface area contributed by atoms with E-state index in [0.29, 0.717) is 41.1 Å². The van der Waals surface area contributed by atoms with E-state index in [2.05, 4.69) is 41.3 Å². The second-order valence-electron chi connectivity index (χ2n) is 12.2. The highest BCUT2D eigenvalue weighted by molar-refractivity contribution is 9.10. The Hall–Kier alpha value is -3.46. The Morgan fingerprint density at radius 1 is 1.04 bits per heavy atom. The van der Waals surface area contributed by atoms with Crippen LogP contribution in [-0.4, -0.2) is 78.2 Å². The Labute approximate surface area is 297 Å². The Bertz CT molecular complexity index is 1930. The standard InChI is InChI=1S/C33H37BrN7O6PS/c1-5-45-48(44,46-6-2)47-19-33-12-27(32(49)38-15-22-7-10-29(34)37-14-22)41(28(33)13-33)30(43)18-40-26-9-8-23(24-16-35-21(4)36-17-24)11-25(26)31(39-40)20(3)42/h7-11,14,16-17,27-28H,5-6,12-13,15,18-19H2,1-4H3,(H,38,49)/t27-,28+,33-/m0/s1. The zero-order chi connectivity index (χ0) is 34.9. The number of halogens is 1. The fraction of sp³-hybridized carbons (Fsp3) is 0.424. The van der Waals surface area contributed by atoms with E-state index in [1.807, 2.05) is 37.3 Å². The third-order valence-corrected chi connectivity index (χ3v) is 11.3. The number of thiocarbonyl (C=S) groups is 1. The van der Waals surface area contributed by atoms with Crippen LogP contribution in [0.3, 0.4) is 0 Å². The van der Waals surface area contributed by atoms with Crippen LogP contribution in [0.25, 0.3) is 22.0 Å². The van der Waals surface area contributed by atoms with Crippen molar-refractivity contribution in [2.24, 2.45) is 5.41 Å². The molecule has 2 fully saturated rings. The van der Waals surface area contributed by atoms with Crippen molar-refractivity contribution in [2.75, 3.05) is 19.8 Å². The number of nitrogens with one attached hydrogen (secondary N) is 1. The zero-order valence-electron chi connectivity index (χ0n) is 27.6. The molecule has 2 aliphatic rings. The lowest BCUT2D eigenvalue weighted by Crippen LogP contribution is -2.48. The average Bonchev–Trinajstić information content (AvgIpc) is 3.50.